The lowest BCUT2D eigenvalue weighted by Gasteiger charge is -2.22. The number of nitrogens with zero attached hydrogens (tertiary/aromatic N) is 3. The SMILES string of the molecule is CCCC1(c2nccn2C)C=CC=N1. The molecule has 0 aliphatic carbocycles. The quantitative estimate of drug-likeness (QED) is 0.715. The lowest BCUT2D eigenvalue weighted by atomic mass is 9.94. The molecule has 0 amide bonds. The van der Waals surface area contributed by atoms with Gasteiger partial charge in [0.2, 0.25) is 0 Å². The van der Waals surface area contributed by atoms with E-state index in [4.69, 9.17) is 0 Å². The first-order valence-corrected chi connectivity index (χ1v) is 4.99. The monoisotopic (exact) mass is 189 g/mol. The van der Waals surface area contributed by atoms with Gasteiger partial charge in [-0.05, 0) is 18.6 Å². The Balaban J connectivity index is 2.42. The van der Waals surface area contributed by atoms with E-state index in [1.807, 2.05) is 36.3 Å². The summed E-state index contributed by atoms with van der Waals surface area (Å²) in [5.74, 6) is 1.03. The molecule has 2 heterocycles. The molecular weight excluding hydrogens is 174 g/mol. The summed E-state index contributed by atoms with van der Waals surface area (Å²) in [6, 6.07) is 0. The van der Waals surface area contributed by atoms with E-state index in [2.05, 4.69) is 23.0 Å². The van der Waals surface area contributed by atoms with Crippen LogP contribution in [-0.4, -0.2) is 15.8 Å². The molecule has 0 spiro atoms. The van der Waals surface area contributed by atoms with Crippen LogP contribution < -0.4 is 0 Å². The van der Waals surface area contributed by atoms with Gasteiger partial charge in [-0.3, -0.25) is 4.99 Å². The van der Waals surface area contributed by atoms with E-state index in [9.17, 15) is 0 Å². The van der Waals surface area contributed by atoms with E-state index in [1.165, 1.54) is 0 Å². The van der Waals surface area contributed by atoms with Crippen LogP contribution in [0.2, 0.25) is 0 Å². The number of aliphatic imine (C=N–C) groups is 1. The molecule has 0 saturated heterocycles. The van der Waals surface area contributed by atoms with Crippen LogP contribution in [0, 0.1) is 0 Å². The highest BCUT2D eigenvalue weighted by Crippen LogP contribution is 2.33. The Morgan fingerprint density at radius 2 is 2.36 bits per heavy atom. The summed E-state index contributed by atoms with van der Waals surface area (Å²) in [6.45, 7) is 2.17. The molecule has 1 aliphatic heterocycles. The number of imidazole rings is 1. The van der Waals surface area contributed by atoms with Crippen molar-refractivity contribution in [1.82, 2.24) is 9.55 Å². The van der Waals surface area contributed by atoms with Crippen molar-refractivity contribution in [2.45, 2.75) is 25.3 Å². The third-order valence-corrected chi connectivity index (χ3v) is 2.60. The van der Waals surface area contributed by atoms with Crippen LogP contribution in [-0.2, 0) is 12.6 Å². The molecule has 74 valence electrons. The van der Waals surface area contributed by atoms with Crippen LogP contribution in [0.15, 0.2) is 29.5 Å². The summed E-state index contributed by atoms with van der Waals surface area (Å²) in [4.78, 5) is 8.93. The number of hydrogen-bond acceptors (Lipinski definition) is 2. The summed E-state index contributed by atoms with van der Waals surface area (Å²) in [5.41, 5.74) is -0.201. The predicted molar refractivity (Wildman–Crippen MR) is 57.4 cm³/mol. The largest absolute Gasteiger partial charge is 0.336 e. The van der Waals surface area contributed by atoms with Crippen molar-refractivity contribution in [3.05, 3.63) is 30.4 Å². The third-order valence-electron chi connectivity index (χ3n) is 2.60. The molecule has 3 heteroatoms. The van der Waals surface area contributed by atoms with Gasteiger partial charge in [0.15, 0.2) is 0 Å². The van der Waals surface area contributed by atoms with Crippen LogP contribution in [0.4, 0.5) is 0 Å². The lowest BCUT2D eigenvalue weighted by Crippen LogP contribution is -2.23. The van der Waals surface area contributed by atoms with Crippen LogP contribution in [0.1, 0.15) is 25.6 Å². The summed E-state index contributed by atoms with van der Waals surface area (Å²) < 4.78 is 2.04. The molecule has 1 aliphatic rings. The highest BCUT2D eigenvalue weighted by Gasteiger charge is 2.32. The zero-order chi connectivity index (χ0) is 10.0. The fourth-order valence-corrected chi connectivity index (χ4v) is 1.98. The van der Waals surface area contributed by atoms with Gasteiger partial charge in [-0.1, -0.05) is 13.3 Å². The van der Waals surface area contributed by atoms with E-state index in [-0.39, 0.29) is 5.54 Å². The standard InChI is InChI=1S/C11H15N3/c1-3-5-11(6-4-7-13-11)10-12-8-9-14(10)2/h4,6-9H,3,5H2,1-2H3. The average Bonchev–Trinajstić information content (AvgIpc) is 2.75. The number of aromatic nitrogens is 2. The number of allylic oxidation sites excluding steroid dienone is 1. The van der Waals surface area contributed by atoms with E-state index >= 15 is 0 Å². The molecule has 0 aromatic carbocycles. The minimum absolute atomic E-state index is 0.201. The van der Waals surface area contributed by atoms with Crippen LogP contribution in [0.3, 0.4) is 0 Å². The van der Waals surface area contributed by atoms with Gasteiger partial charge in [0.05, 0.1) is 0 Å². The second-order valence-corrected chi connectivity index (χ2v) is 3.67. The molecule has 0 fully saturated rings. The Morgan fingerprint density at radius 1 is 1.50 bits per heavy atom. The highest BCUT2D eigenvalue weighted by molar-refractivity contribution is 5.75. The maximum absolute atomic E-state index is 4.54. The summed E-state index contributed by atoms with van der Waals surface area (Å²) >= 11 is 0. The van der Waals surface area contributed by atoms with Crippen molar-refractivity contribution in [1.29, 1.82) is 0 Å². The maximum Gasteiger partial charge on any atom is 0.140 e. The molecule has 0 radical (unpaired) electrons. The van der Waals surface area contributed by atoms with Gasteiger partial charge in [-0.25, -0.2) is 4.98 Å². The molecule has 14 heavy (non-hydrogen) atoms. The van der Waals surface area contributed by atoms with E-state index in [0.717, 1.165) is 18.7 Å². The van der Waals surface area contributed by atoms with Crippen LogP contribution in [0.25, 0.3) is 0 Å². The molecule has 1 atom stereocenters. The normalized spacial score (nSPS) is 24.7. The second-order valence-electron chi connectivity index (χ2n) is 3.67. The minimum atomic E-state index is -0.201. The van der Waals surface area contributed by atoms with Gasteiger partial charge < -0.3 is 4.57 Å². The molecular formula is C11H15N3. The van der Waals surface area contributed by atoms with Gasteiger partial charge in [0.25, 0.3) is 0 Å². The molecule has 1 aromatic heterocycles. The van der Waals surface area contributed by atoms with E-state index in [0.29, 0.717) is 0 Å². The Kier molecular flexibility index (Phi) is 2.23. The van der Waals surface area contributed by atoms with Crippen molar-refractivity contribution < 1.29 is 0 Å². The van der Waals surface area contributed by atoms with Crippen molar-refractivity contribution in [3.63, 3.8) is 0 Å². The highest BCUT2D eigenvalue weighted by atomic mass is 15.1. The van der Waals surface area contributed by atoms with Gasteiger partial charge in [-0.2, -0.15) is 0 Å². The maximum atomic E-state index is 4.54. The Bertz CT molecular complexity index is 362. The molecule has 1 aromatic rings. The number of aryl methyl sites for hydroxylation is 1. The van der Waals surface area contributed by atoms with E-state index in [1.54, 1.807) is 0 Å². The topological polar surface area (TPSA) is 30.2 Å². The van der Waals surface area contributed by atoms with Gasteiger partial charge in [0, 0.05) is 25.7 Å². The van der Waals surface area contributed by atoms with Gasteiger partial charge in [-0.15, -0.1) is 0 Å². The predicted octanol–water partition coefficient (Wildman–Crippen LogP) is 2.06. The molecule has 2 rings (SSSR count). The minimum Gasteiger partial charge on any atom is -0.336 e. The number of hydrogen-bond donors (Lipinski definition) is 0. The summed E-state index contributed by atoms with van der Waals surface area (Å²) in [7, 11) is 2.02. The smallest absolute Gasteiger partial charge is 0.140 e. The van der Waals surface area contributed by atoms with E-state index < -0.39 is 0 Å². The Hall–Kier alpha value is -1.38. The van der Waals surface area contributed by atoms with Crippen LogP contribution in [0.5, 0.6) is 0 Å². The first-order valence-electron chi connectivity index (χ1n) is 4.99. The second kappa shape index (κ2) is 3.40. The third kappa shape index (κ3) is 1.29. The van der Waals surface area contributed by atoms with Gasteiger partial charge in [0.1, 0.15) is 11.4 Å². The van der Waals surface area contributed by atoms with Crippen molar-refractivity contribution in [2.75, 3.05) is 0 Å². The summed E-state index contributed by atoms with van der Waals surface area (Å²) in [6.07, 6.45) is 11.9. The zero-order valence-electron chi connectivity index (χ0n) is 8.64. The Labute approximate surface area is 84.2 Å². The first-order chi connectivity index (χ1) is 6.78. The van der Waals surface area contributed by atoms with Crippen molar-refractivity contribution >= 4 is 6.21 Å². The molecule has 3 nitrogen and oxygen atoms in total. The first kappa shape index (κ1) is 9.19. The fourth-order valence-electron chi connectivity index (χ4n) is 1.98. The van der Waals surface area contributed by atoms with Crippen LogP contribution >= 0.6 is 0 Å². The zero-order valence-corrected chi connectivity index (χ0v) is 8.64. The van der Waals surface area contributed by atoms with Crippen molar-refractivity contribution in [2.24, 2.45) is 12.0 Å². The fraction of sp³-hybridized carbons (Fsp3) is 0.455. The molecule has 1 unspecified atom stereocenters. The lowest BCUT2D eigenvalue weighted by molar-refractivity contribution is 0.470. The van der Waals surface area contributed by atoms with Gasteiger partial charge >= 0.3 is 0 Å². The van der Waals surface area contributed by atoms with Crippen molar-refractivity contribution in [3.8, 4) is 0 Å². The summed E-state index contributed by atoms with van der Waals surface area (Å²) in [5, 5.41) is 0. The average molecular weight is 189 g/mol. The molecule has 0 bridgehead atoms. The molecule has 0 saturated carbocycles. The molecule has 0 N–H and O–H groups in total. The Morgan fingerprint density at radius 3 is 2.86 bits per heavy atom. The number of rotatable bonds is 3.